The smallest absolute Gasteiger partial charge is 0.358 e. The lowest BCUT2D eigenvalue weighted by Gasteiger charge is -2.26. The predicted octanol–water partition coefficient (Wildman–Crippen LogP) is 3.32. The maximum absolute atomic E-state index is 11.2. The monoisotopic (exact) mass is 306 g/mol. The lowest BCUT2D eigenvalue weighted by Crippen LogP contribution is -2.25. The normalized spacial score (nSPS) is 18.2. The van der Waals surface area contributed by atoms with Crippen LogP contribution in [-0.4, -0.2) is 21.0 Å². The number of anilines is 1. The minimum atomic E-state index is -0.424. The average molecular weight is 307 g/mol. The second kappa shape index (κ2) is 5.37. The molecule has 7 heteroatoms. The molecule has 110 valence electrons. The van der Waals surface area contributed by atoms with Gasteiger partial charge >= 0.3 is 5.82 Å². The maximum Gasteiger partial charge on any atom is 0.406 e. The first kappa shape index (κ1) is 13.9. The van der Waals surface area contributed by atoms with Gasteiger partial charge in [-0.05, 0) is 40.4 Å². The van der Waals surface area contributed by atoms with Crippen molar-refractivity contribution in [2.75, 3.05) is 11.4 Å². The van der Waals surface area contributed by atoms with Gasteiger partial charge < -0.3 is 15.0 Å². The largest absolute Gasteiger partial charge is 0.406 e. The van der Waals surface area contributed by atoms with Crippen LogP contribution in [0.1, 0.15) is 24.4 Å². The molecule has 0 N–H and O–H groups in total. The van der Waals surface area contributed by atoms with Gasteiger partial charge in [0.2, 0.25) is 12.1 Å². The fourth-order valence-corrected chi connectivity index (χ4v) is 3.05. The zero-order valence-corrected chi connectivity index (χ0v) is 12.3. The molecule has 2 heterocycles. The number of halogens is 1. The first-order chi connectivity index (χ1) is 10.1. The maximum atomic E-state index is 11.2. The van der Waals surface area contributed by atoms with E-state index in [2.05, 4.69) is 9.88 Å². The molecule has 1 saturated heterocycles. The van der Waals surface area contributed by atoms with Gasteiger partial charge in [-0.15, -0.1) is 0 Å². The number of nitro groups is 1. The van der Waals surface area contributed by atoms with E-state index in [0.29, 0.717) is 10.8 Å². The van der Waals surface area contributed by atoms with E-state index in [9.17, 15) is 10.1 Å². The van der Waals surface area contributed by atoms with Crippen molar-refractivity contribution in [3.8, 4) is 0 Å². The Bertz CT molecular complexity index is 668. The summed E-state index contributed by atoms with van der Waals surface area (Å²) in [5.74, 6) is 0.482. The van der Waals surface area contributed by atoms with Gasteiger partial charge in [0.1, 0.15) is 0 Å². The number of nitrogens with zero attached hydrogens (tertiary/aromatic N) is 4. The highest BCUT2D eigenvalue weighted by Gasteiger charge is 2.34. The van der Waals surface area contributed by atoms with Gasteiger partial charge in [-0.3, -0.25) is 4.57 Å². The number of benzene rings is 1. The van der Waals surface area contributed by atoms with Gasteiger partial charge in [-0.25, -0.2) is 0 Å². The first-order valence-electron chi connectivity index (χ1n) is 6.75. The summed E-state index contributed by atoms with van der Waals surface area (Å²) in [6.07, 6.45) is 3.45. The highest BCUT2D eigenvalue weighted by molar-refractivity contribution is 6.30. The Kier molecular flexibility index (Phi) is 3.55. The second-order valence-corrected chi connectivity index (χ2v) is 5.60. The number of aromatic nitrogens is 2. The van der Waals surface area contributed by atoms with Crippen molar-refractivity contribution in [2.24, 2.45) is 7.05 Å². The van der Waals surface area contributed by atoms with Gasteiger partial charge in [0.05, 0.1) is 6.04 Å². The Morgan fingerprint density at radius 2 is 2.10 bits per heavy atom. The summed E-state index contributed by atoms with van der Waals surface area (Å²) in [5, 5.41) is 11.9. The van der Waals surface area contributed by atoms with Crippen LogP contribution < -0.4 is 4.90 Å². The number of hydrogen-bond acceptors (Lipinski definition) is 4. The summed E-state index contributed by atoms with van der Waals surface area (Å²) in [4.78, 5) is 16.7. The van der Waals surface area contributed by atoms with Crippen molar-refractivity contribution in [1.29, 1.82) is 0 Å². The number of rotatable bonds is 3. The Labute approximate surface area is 127 Å². The summed E-state index contributed by atoms with van der Waals surface area (Å²) in [6, 6.07) is 7.79. The molecule has 0 amide bonds. The molecular formula is C14H15ClN4O2. The molecule has 0 radical (unpaired) electrons. The van der Waals surface area contributed by atoms with Crippen LogP contribution in [0.2, 0.25) is 5.02 Å². The topological polar surface area (TPSA) is 64.2 Å². The number of imidazole rings is 1. The zero-order chi connectivity index (χ0) is 15.0. The molecule has 1 aromatic heterocycles. The molecule has 0 unspecified atom stereocenters. The van der Waals surface area contributed by atoms with E-state index in [-0.39, 0.29) is 11.9 Å². The summed E-state index contributed by atoms with van der Waals surface area (Å²) in [5.41, 5.74) is 1.12. The highest BCUT2D eigenvalue weighted by atomic mass is 35.5. The summed E-state index contributed by atoms with van der Waals surface area (Å²) >= 11 is 5.93. The van der Waals surface area contributed by atoms with Gasteiger partial charge in [-0.1, -0.05) is 23.7 Å². The molecule has 1 atom stereocenters. The SMILES string of the molecule is Cn1cnc([N+](=O)[O-])c1N1CCC[C@H]1c1ccc(Cl)cc1. The van der Waals surface area contributed by atoms with Crippen molar-refractivity contribution in [1.82, 2.24) is 9.55 Å². The Morgan fingerprint density at radius 1 is 1.38 bits per heavy atom. The van der Waals surface area contributed by atoms with Crippen LogP contribution in [-0.2, 0) is 7.05 Å². The van der Waals surface area contributed by atoms with E-state index >= 15 is 0 Å². The minimum Gasteiger partial charge on any atom is -0.358 e. The molecular weight excluding hydrogens is 292 g/mol. The molecule has 0 aliphatic carbocycles. The van der Waals surface area contributed by atoms with Crippen LogP contribution in [0.5, 0.6) is 0 Å². The molecule has 0 spiro atoms. The number of hydrogen-bond donors (Lipinski definition) is 0. The molecule has 21 heavy (non-hydrogen) atoms. The Morgan fingerprint density at radius 3 is 2.76 bits per heavy atom. The van der Waals surface area contributed by atoms with Crippen LogP contribution in [0.4, 0.5) is 11.6 Å². The summed E-state index contributed by atoms with van der Waals surface area (Å²) in [6.45, 7) is 0.785. The highest BCUT2D eigenvalue weighted by Crippen LogP contribution is 2.39. The third-order valence-corrected chi connectivity index (χ3v) is 4.09. The van der Waals surface area contributed by atoms with E-state index in [1.807, 2.05) is 24.3 Å². The van der Waals surface area contributed by atoms with Crippen LogP contribution in [0.15, 0.2) is 30.6 Å². The predicted molar refractivity (Wildman–Crippen MR) is 80.6 cm³/mol. The fourth-order valence-electron chi connectivity index (χ4n) is 2.92. The van der Waals surface area contributed by atoms with Crippen LogP contribution in [0.25, 0.3) is 0 Å². The zero-order valence-electron chi connectivity index (χ0n) is 11.6. The lowest BCUT2D eigenvalue weighted by atomic mass is 10.0. The van der Waals surface area contributed by atoms with Crippen molar-refractivity contribution in [3.63, 3.8) is 0 Å². The van der Waals surface area contributed by atoms with Crippen molar-refractivity contribution >= 4 is 23.2 Å². The van der Waals surface area contributed by atoms with E-state index in [1.165, 1.54) is 6.33 Å². The third kappa shape index (κ3) is 2.47. The molecule has 1 fully saturated rings. The van der Waals surface area contributed by atoms with Gasteiger partial charge in [-0.2, -0.15) is 0 Å². The number of aryl methyl sites for hydroxylation is 1. The Balaban J connectivity index is 2.00. The fraction of sp³-hybridized carbons (Fsp3) is 0.357. The van der Waals surface area contributed by atoms with Crippen LogP contribution >= 0.6 is 11.6 Å². The molecule has 1 aliphatic rings. The van der Waals surface area contributed by atoms with E-state index < -0.39 is 4.92 Å². The first-order valence-corrected chi connectivity index (χ1v) is 7.13. The van der Waals surface area contributed by atoms with Gasteiger partial charge in [0.25, 0.3) is 0 Å². The molecule has 6 nitrogen and oxygen atoms in total. The van der Waals surface area contributed by atoms with Crippen LogP contribution in [0, 0.1) is 10.1 Å². The average Bonchev–Trinajstić information content (AvgIpc) is 3.05. The van der Waals surface area contributed by atoms with Crippen LogP contribution in [0.3, 0.4) is 0 Å². The molecule has 0 saturated carbocycles. The molecule has 1 aliphatic heterocycles. The summed E-state index contributed by atoms with van der Waals surface area (Å²) in [7, 11) is 1.78. The minimum absolute atomic E-state index is 0.0848. The molecule has 1 aromatic carbocycles. The lowest BCUT2D eigenvalue weighted by molar-refractivity contribution is -0.388. The molecule has 3 rings (SSSR count). The van der Waals surface area contributed by atoms with Gasteiger partial charge in [0.15, 0.2) is 0 Å². The second-order valence-electron chi connectivity index (χ2n) is 5.16. The summed E-state index contributed by atoms with van der Waals surface area (Å²) < 4.78 is 1.71. The third-order valence-electron chi connectivity index (χ3n) is 3.84. The quantitative estimate of drug-likeness (QED) is 0.644. The van der Waals surface area contributed by atoms with Crippen molar-refractivity contribution in [3.05, 3.63) is 51.3 Å². The van der Waals surface area contributed by atoms with E-state index in [0.717, 1.165) is 24.9 Å². The van der Waals surface area contributed by atoms with Gasteiger partial charge in [0, 0.05) is 18.6 Å². The molecule has 2 aromatic rings. The molecule has 0 bridgehead atoms. The van der Waals surface area contributed by atoms with E-state index in [4.69, 9.17) is 11.6 Å². The van der Waals surface area contributed by atoms with Crippen molar-refractivity contribution in [2.45, 2.75) is 18.9 Å². The van der Waals surface area contributed by atoms with Crippen molar-refractivity contribution < 1.29 is 4.92 Å². The Hall–Kier alpha value is -2.08. The van der Waals surface area contributed by atoms with E-state index in [1.54, 1.807) is 11.6 Å². The standard InChI is InChI=1S/C14H15ClN4O2/c1-17-9-16-13(19(20)21)14(17)18-8-2-3-12(18)10-4-6-11(15)7-5-10/h4-7,9,12H,2-3,8H2,1H3/t12-/m0/s1.